The summed E-state index contributed by atoms with van der Waals surface area (Å²) in [4.78, 5) is 12.6. The van der Waals surface area contributed by atoms with Crippen LogP contribution in [0, 0.1) is 34.5 Å². The number of nitrogens with zero attached hydrogens (tertiary/aromatic N) is 1. The molecule has 1 saturated carbocycles. The van der Waals surface area contributed by atoms with E-state index in [2.05, 4.69) is 33.8 Å². The van der Waals surface area contributed by atoms with E-state index in [1.807, 2.05) is 0 Å². The highest BCUT2D eigenvalue weighted by atomic mass is 16.6. The number of hydrogen-bond donors (Lipinski definition) is 0. The minimum atomic E-state index is -0.365. The Bertz CT molecular complexity index is 439. The van der Waals surface area contributed by atoms with Gasteiger partial charge in [0.1, 0.15) is 5.60 Å². The highest BCUT2D eigenvalue weighted by Crippen LogP contribution is 2.55. The third-order valence-corrected chi connectivity index (χ3v) is 6.18. The number of carbonyl (C=O) groups excluding carboxylic acids is 1. The van der Waals surface area contributed by atoms with Gasteiger partial charge in [0.05, 0.1) is 11.5 Å². The van der Waals surface area contributed by atoms with Crippen LogP contribution in [0.15, 0.2) is 0 Å². The number of ether oxygens (including phenoxy) is 1. The van der Waals surface area contributed by atoms with Crippen molar-refractivity contribution in [3.63, 3.8) is 0 Å². The number of carbonyl (C=O) groups is 1. The maximum atomic E-state index is 12.6. The molecule has 1 heterocycles. The SMILES string of the molecule is CC(C)C(C)C1(C)CC2(CCCCC2CCC#N)OC1=O. The monoisotopic (exact) mass is 291 g/mol. The van der Waals surface area contributed by atoms with Gasteiger partial charge in [-0.25, -0.2) is 0 Å². The third kappa shape index (κ3) is 2.82. The van der Waals surface area contributed by atoms with Gasteiger partial charge in [0.15, 0.2) is 0 Å². The first-order valence-electron chi connectivity index (χ1n) is 8.46. The zero-order valence-corrected chi connectivity index (χ0v) is 13.9. The highest BCUT2D eigenvalue weighted by Gasteiger charge is 2.59. The lowest BCUT2D eigenvalue weighted by molar-refractivity contribution is -0.161. The maximum absolute atomic E-state index is 12.6. The van der Waals surface area contributed by atoms with Crippen LogP contribution in [-0.2, 0) is 9.53 Å². The van der Waals surface area contributed by atoms with Gasteiger partial charge >= 0.3 is 5.97 Å². The zero-order valence-electron chi connectivity index (χ0n) is 13.9. The highest BCUT2D eigenvalue weighted by molar-refractivity contribution is 5.79. The van der Waals surface area contributed by atoms with E-state index >= 15 is 0 Å². The van der Waals surface area contributed by atoms with Gasteiger partial charge in [-0.3, -0.25) is 4.79 Å². The number of esters is 1. The Balaban J connectivity index is 2.23. The summed E-state index contributed by atoms with van der Waals surface area (Å²) < 4.78 is 6.04. The summed E-state index contributed by atoms with van der Waals surface area (Å²) in [6, 6.07) is 2.25. The van der Waals surface area contributed by atoms with Crippen molar-refractivity contribution in [3.05, 3.63) is 0 Å². The van der Waals surface area contributed by atoms with E-state index in [4.69, 9.17) is 10.00 Å². The van der Waals surface area contributed by atoms with Gasteiger partial charge in [0, 0.05) is 12.8 Å². The molecule has 3 heteroatoms. The molecule has 0 radical (unpaired) electrons. The average Bonchev–Trinajstić information content (AvgIpc) is 2.70. The first-order valence-corrected chi connectivity index (χ1v) is 8.46. The summed E-state index contributed by atoms with van der Waals surface area (Å²) in [5, 5.41) is 8.89. The fourth-order valence-electron chi connectivity index (χ4n) is 4.41. The molecule has 1 aliphatic carbocycles. The van der Waals surface area contributed by atoms with Crippen molar-refractivity contribution in [1.29, 1.82) is 5.26 Å². The summed E-state index contributed by atoms with van der Waals surface area (Å²) in [5.41, 5.74) is -0.652. The van der Waals surface area contributed by atoms with Crippen LogP contribution in [0.3, 0.4) is 0 Å². The van der Waals surface area contributed by atoms with Gasteiger partial charge in [0.25, 0.3) is 0 Å². The Morgan fingerprint density at radius 1 is 1.38 bits per heavy atom. The van der Waals surface area contributed by atoms with E-state index in [1.165, 1.54) is 6.42 Å². The van der Waals surface area contributed by atoms with Gasteiger partial charge in [-0.15, -0.1) is 0 Å². The van der Waals surface area contributed by atoms with Crippen LogP contribution < -0.4 is 0 Å². The van der Waals surface area contributed by atoms with Gasteiger partial charge in [0.2, 0.25) is 0 Å². The van der Waals surface area contributed by atoms with Gasteiger partial charge in [-0.2, -0.15) is 5.26 Å². The van der Waals surface area contributed by atoms with Crippen LogP contribution in [0.1, 0.15) is 72.6 Å². The topological polar surface area (TPSA) is 50.1 Å². The molecule has 0 aromatic heterocycles. The van der Waals surface area contributed by atoms with Crippen molar-refractivity contribution in [1.82, 2.24) is 0 Å². The summed E-state index contributed by atoms with van der Waals surface area (Å²) in [6.07, 6.45) is 6.70. The average molecular weight is 291 g/mol. The quantitative estimate of drug-likeness (QED) is 0.718. The molecule has 4 unspecified atom stereocenters. The largest absolute Gasteiger partial charge is 0.458 e. The molecule has 2 rings (SSSR count). The second-order valence-electron chi connectivity index (χ2n) is 7.72. The van der Waals surface area contributed by atoms with Crippen LogP contribution in [0.4, 0.5) is 0 Å². The lowest BCUT2D eigenvalue weighted by atomic mass is 9.63. The molecule has 21 heavy (non-hydrogen) atoms. The lowest BCUT2D eigenvalue weighted by Gasteiger charge is -2.41. The molecule has 2 aliphatic rings. The minimum Gasteiger partial charge on any atom is -0.458 e. The fraction of sp³-hybridized carbons (Fsp3) is 0.889. The van der Waals surface area contributed by atoms with Crippen molar-refractivity contribution < 1.29 is 9.53 Å². The molecule has 0 amide bonds. The Morgan fingerprint density at radius 2 is 2.10 bits per heavy atom. The standard InChI is InChI=1S/C18H29NO2/c1-13(2)14(3)17(4)12-18(21-16(17)20)10-6-5-8-15(18)9-7-11-19/h13-15H,5-10,12H2,1-4H3. The molecule has 1 aliphatic heterocycles. The minimum absolute atomic E-state index is 0.00689. The van der Waals surface area contributed by atoms with E-state index in [-0.39, 0.29) is 17.0 Å². The molecule has 3 nitrogen and oxygen atoms in total. The van der Waals surface area contributed by atoms with Crippen molar-refractivity contribution >= 4 is 5.97 Å². The fourth-order valence-corrected chi connectivity index (χ4v) is 4.41. The van der Waals surface area contributed by atoms with Crippen molar-refractivity contribution in [2.45, 2.75) is 78.2 Å². The molecular formula is C18H29NO2. The van der Waals surface area contributed by atoms with E-state index in [1.54, 1.807) is 0 Å². The Hall–Kier alpha value is -1.04. The second kappa shape index (κ2) is 5.99. The summed E-state index contributed by atoms with van der Waals surface area (Å²) in [7, 11) is 0. The third-order valence-electron chi connectivity index (χ3n) is 6.18. The van der Waals surface area contributed by atoms with Gasteiger partial charge in [-0.1, -0.05) is 27.2 Å². The van der Waals surface area contributed by atoms with Crippen molar-refractivity contribution in [2.24, 2.45) is 23.2 Å². The van der Waals surface area contributed by atoms with Crippen LogP contribution >= 0.6 is 0 Å². The molecule has 1 spiro atoms. The normalized spacial score (nSPS) is 37.5. The molecule has 1 saturated heterocycles. The smallest absolute Gasteiger partial charge is 0.312 e. The molecule has 0 aromatic carbocycles. The Kier molecular flexibility index (Phi) is 4.66. The molecule has 0 N–H and O–H groups in total. The Labute approximate surface area is 129 Å². The molecule has 0 bridgehead atoms. The maximum Gasteiger partial charge on any atom is 0.312 e. The van der Waals surface area contributed by atoms with Gasteiger partial charge in [-0.05, 0) is 50.4 Å². The van der Waals surface area contributed by atoms with E-state index in [9.17, 15) is 4.79 Å². The van der Waals surface area contributed by atoms with Crippen molar-refractivity contribution in [3.8, 4) is 6.07 Å². The first kappa shape index (κ1) is 16.3. The summed E-state index contributed by atoms with van der Waals surface area (Å²) in [6.45, 7) is 8.63. The molecule has 4 atom stereocenters. The van der Waals surface area contributed by atoms with E-state index in [0.29, 0.717) is 24.2 Å². The van der Waals surface area contributed by atoms with E-state index < -0.39 is 0 Å². The summed E-state index contributed by atoms with van der Waals surface area (Å²) >= 11 is 0. The van der Waals surface area contributed by atoms with Gasteiger partial charge < -0.3 is 4.74 Å². The molecule has 2 fully saturated rings. The number of rotatable bonds is 4. The first-order chi connectivity index (χ1) is 9.85. The second-order valence-corrected chi connectivity index (χ2v) is 7.72. The summed E-state index contributed by atoms with van der Waals surface area (Å²) in [5.74, 6) is 1.16. The lowest BCUT2D eigenvalue weighted by Crippen LogP contribution is -2.41. The zero-order chi connectivity index (χ0) is 15.7. The van der Waals surface area contributed by atoms with Crippen LogP contribution in [-0.4, -0.2) is 11.6 Å². The van der Waals surface area contributed by atoms with Crippen LogP contribution in [0.25, 0.3) is 0 Å². The predicted molar refractivity (Wildman–Crippen MR) is 82.4 cm³/mol. The van der Waals surface area contributed by atoms with Crippen LogP contribution in [0.5, 0.6) is 0 Å². The predicted octanol–water partition coefficient (Wildman–Crippen LogP) is 4.46. The molecule has 0 aromatic rings. The number of hydrogen-bond acceptors (Lipinski definition) is 3. The molecule has 118 valence electrons. The van der Waals surface area contributed by atoms with Crippen LogP contribution in [0.2, 0.25) is 0 Å². The van der Waals surface area contributed by atoms with E-state index in [0.717, 1.165) is 32.1 Å². The number of nitriles is 1. The Morgan fingerprint density at radius 3 is 2.71 bits per heavy atom. The molecular weight excluding hydrogens is 262 g/mol. The van der Waals surface area contributed by atoms with Crippen molar-refractivity contribution in [2.75, 3.05) is 0 Å².